The topological polar surface area (TPSA) is 51.5 Å². The van der Waals surface area contributed by atoms with E-state index in [9.17, 15) is 18.0 Å². The summed E-state index contributed by atoms with van der Waals surface area (Å²) in [5, 5.41) is 4.51. The molecule has 0 aliphatic heterocycles. The Bertz CT molecular complexity index is 1250. The summed E-state index contributed by atoms with van der Waals surface area (Å²) in [4.78, 5) is 12.3. The number of benzene rings is 3. The normalized spacial score (nSPS) is 12.0. The molecule has 0 radical (unpaired) electrons. The molecule has 30 heavy (non-hydrogen) atoms. The SMILES string of the molecule is COc1cc2c(cc1NC(=O)/C=C/c1ccc(C(F)(F)F)cc1)oc1ccccc12. The first-order valence-corrected chi connectivity index (χ1v) is 9.01. The second-order valence-electron chi connectivity index (χ2n) is 6.59. The summed E-state index contributed by atoms with van der Waals surface area (Å²) >= 11 is 0. The Labute approximate surface area is 169 Å². The molecule has 0 aliphatic carbocycles. The highest BCUT2D eigenvalue weighted by atomic mass is 19.4. The number of fused-ring (bicyclic) bond motifs is 3. The van der Waals surface area contributed by atoms with E-state index in [-0.39, 0.29) is 0 Å². The molecular weight excluding hydrogens is 395 g/mol. The van der Waals surface area contributed by atoms with Gasteiger partial charge in [-0.25, -0.2) is 0 Å². The third kappa shape index (κ3) is 3.87. The maximum atomic E-state index is 12.6. The van der Waals surface area contributed by atoms with Crippen LogP contribution in [-0.4, -0.2) is 13.0 Å². The summed E-state index contributed by atoms with van der Waals surface area (Å²) in [6.07, 6.45) is -1.72. The summed E-state index contributed by atoms with van der Waals surface area (Å²) in [5.74, 6) is 0.00833. The number of hydrogen-bond acceptors (Lipinski definition) is 3. The van der Waals surface area contributed by atoms with Crippen LogP contribution in [0, 0.1) is 0 Å². The van der Waals surface area contributed by atoms with Crippen molar-refractivity contribution in [3.8, 4) is 5.75 Å². The largest absolute Gasteiger partial charge is 0.495 e. The predicted molar refractivity (Wildman–Crippen MR) is 109 cm³/mol. The minimum atomic E-state index is -4.40. The van der Waals surface area contributed by atoms with Gasteiger partial charge in [0, 0.05) is 22.9 Å². The number of amides is 1. The third-order valence-electron chi connectivity index (χ3n) is 4.62. The molecule has 0 aliphatic rings. The number of para-hydroxylation sites is 1. The van der Waals surface area contributed by atoms with Gasteiger partial charge in [0.15, 0.2) is 0 Å². The van der Waals surface area contributed by atoms with E-state index in [4.69, 9.17) is 9.15 Å². The van der Waals surface area contributed by atoms with Crippen molar-refractivity contribution in [2.75, 3.05) is 12.4 Å². The van der Waals surface area contributed by atoms with Crippen LogP contribution in [0.2, 0.25) is 0 Å². The molecule has 3 aromatic carbocycles. The average Bonchev–Trinajstić information content (AvgIpc) is 3.08. The molecule has 0 atom stereocenters. The van der Waals surface area contributed by atoms with Crippen molar-refractivity contribution in [1.29, 1.82) is 0 Å². The van der Waals surface area contributed by atoms with Crippen molar-refractivity contribution in [2.45, 2.75) is 6.18 Å². The Hall–Kier alpha value is -3.74. The predicted octanol–water partition coefficient (Wildman–Crippen LogP) is 6.27. The summed E-state index contributed by atoms with van der Waals surface area (Å²) in [6, 6.07) is 15.6. The second-order valence-corrected chi connectivity index (χ2v) is 6.59. The molecular formula is C23H16F3NO3. The fourth-order valence-electron chi connectivity index (χ4n) is 3.15. The second kappa shape index (κ2) is 7.59. The van der Waals surface area contributed by atoms with Gasteiger partial charge in [-0.2, -0.15) is 13.2 Å². The molecule has 1 heterocycles. The van der Waals surface area contributed by atoms with Gasteiger partial charge in [0.2, 0.25) is 5.91 Å². The van der Waals surface area contributed by atoms with Crippen molar-refractivity contribution < 1.29 is 27.1 Å². The van der Waals surface area contributed by atoms with Crippen molar-refractivity contribution in [2.24, 2.45) is 0 Å². The van der Waals surface area contributed by atoms with Gasteiger partial charge in [0.05, 0.1) is 18.4 Å². The van der Waals surface area contributed by atoms with Crippen LogP contribution in [0.5, 0.6) is 5.75 Å². The minimum absolute atomic E-state index is 0.422. The number of hydrogen-bond donors (Lipinski definition) is 1. The molecule has 7 heteroatoms. The number of rotatable bonds is 4. The first-order valence-electron chi connectivity index (χ1n) is 9.01. The summed E-state index contributed by atoms with van der Waals surface area (Å²) in [6.45, 7) is 0. The monoisotopic (exact) mass is 411 g/mol. The Morgan fingerprint density at radius 3 is 2.43 bits per heavy atom. The van der Waals surface area contributed by atoms with Crippen LogP contribution < -0.4 is 10.1 Å². The minimum Gasteiger partial charge on any atom is -0.495 e. The van der Waals surface area contributed by atoms with Gasteiger partial charge >= 0.3 is 6.18 Å². The molecule has 152 valence electrons. The highest BCUT2D eigenvalue weighted by Crippen LogP contribution is 2.36. The highest BCUT2D eigenvalue weighted by Gasteiger charge is 2.29. The van der Waals surface area contributed by atoms with Gasteiger partial charge in [-0.3, -0.25) is 4.79 Å². The number of ether oxygens (including phenoxy) is 1. The molecule has 4 rings (SSSR count). The van der Waals surface area contributed by atoms with Gasteiger partial charge in [-0.15, -0.1) is 0 Å². The van der Waals surface area contributed by atoms with Crippen molar-refractivity contribution >= 4 is 39.6 Å². The quantitative estimate of drug-likeness (QED) is 0.403. The van der Waals surface area contributed by atoms with E-state index < -0.39 is 17.6 Å². The van der Waals surface area contributed by atoms with E-state index in [2.05, 4.69) is 5.32 Å². The summed E-state index contributed by atoms with van der Waals surface area (Å²) in [7, 11) is 1.50. The lowest BCUT2D eigenvalue weighted by atomic mass is 10.1. The first-order chi connectivity index (χ1) is 14.3. The number of furan rings is 1. The van der Waals surface area contributed by atoms with Gasteiger partial charge < -0.3 is 14.5 Å². The van der Waals surface area contributed by atoms with Crippen LogP contribution in [0.15, 0.2) is 71.2 Å². The lowest BCUT2D eigenvalue weighted by Gasteiger charge is -2.09. The molecule has 0 spiro atoms. The van der Waals surface area contributed by atoms with Crippen molar-refractivity contribution in [3.05, 3.63) is 77.9 Å². The van der Waals surface area contributed by atoms with Crippen molar-refractivity contribution in [3.63, 3.8) is 0 Å². The van der Waals surface area contributed by atoms with Crippen molar-refractivity contribution in [1.82, 2.24) is 0 Å². The Balaban J connectivity index is 1.56. The Kier molecular flexibility index (Phi) is 4.95. The lowest BCUT2D eigenvalue weighted by Crippen LogP contribution is -2.09. The summed E-state index contributed by atoms with van der Waals surface area (Å²) < 4.78 is 49.1. The van der Waals surface area contributed by atoms with Crippen LogP contribution in [0.25, 0.3) is 28.0 Å². The van der Waals surface area contributed by atoms with E-state index in [1.807, 2.05) is 24.3 Å². The van der Waals surface area contributed by atoms with Crippen LogP contribution in [0.1, 0.15) is 11.1 Å². The van der Waals surface area contributed by atoms with Gasteiger partial charge in [-0.1, -0.05) is 30.3 Å². The number of nitrogens with one attached hydrogen (secondary N) is 1. The fourth-order valence-corrected chi connectivity index (χ4v) is 3.15. The van der Waals surface area contributed by atoms with Gasteiger partial charge in [-0.05, 0) is 35.9 Å². The maximum absolute atomic E-state index is 12.6. The van der Waals surface area contributed by atoms with Crippen LogP contribution >= 0.6 is 0 Å². The van der Waals surface area contributed by atoms with E-state index in [1.165, 1.54) is 31.4 Å². The number of carbonyl (C=O) groups excluding carboxylic acids is 1. The van der Waals surface area contributed by atoms with Gasteiger partial charge in [0.25, 0.3) is 0 Å². The molecule has 4 nitrogen and oxygen atoms in total. The molecule has 0 saturated carbocycles. The molecule has 1 aromatic heterocycles. The van der Waals surface area contributed by atoms with E-state index in [0.29, 0.717) is 22.6 Å². The maximum Gasteiger partial charge on any atom is 0.416 e. The molecule has 0 bridgehead atoms. The average molecular weight is 411 g/mol. The Morgan fingerprint density at radius 1 is 1.00 bits per heavy atom. The highest BCUT2D eigenvalue weighted by molar-refractivity contribution is 6.09. The standard InChI is InChI=1S/C23H16F3NO3/c1-29-21-12-17-16-4-2-3-5-19(16)30-20(17)13-18(21)27-22(28)11-8-14-6-9-15(10-7-14)23(24,25)26/h2-13H,1H3,(H,27,28)/b11-8+. The van der Waals surface area contributed by atoms with Crippen LogP contribution in [0.3, 0.4) is 0 Å². The molecule has 0 saturated heterocycles. The zero-order chi connectivity index (χ0) is 21.3. The number of carbonyl (C=O) groups is 1. The zero-order valence-corrected chi connectivity index (χ0v) is 15.8. The number of anilines is 1. The molecule has 1 amide bonds. The number of halogens is 3. The molecule has 0 unspecified atom stereocenters. The molecule has 4 aromatic rings. The fraction of sp³-hybridized carbons (Fsp3) is 0.0870. The van der Waals surface area contributed by atoms with E-state index >= 15 is 0 Å². The zero-order valence-electron chi connectivity index (χ0n) is 15.8. The van der Waals surface area contributed by atoms with E-state index in [0.717, 1.165) is 28.5 Å². The van der Waals surface area contributed by atoms with Crippen LogP contribution in [0.4, 0.5) is 18.9 Å². The third-order valence-corrected chi connectivity index (χ3v) is 4.62. The number of methoxy groups -OCH3 is 1. The molecule has 0 fully saturated rings. The van der Waals surface area contributed by atoms with E-state index in [1.54, 1.807) is 12.1 Å². The lowest BCUT2D eigenvalue weighted by molar-refractivity contribution is -0.137. The van der Waals surface area contributed by atoms with Crippen LogP contribution in [-0.2, 0) is 11.0 Å². The Morgan fingerprint density at radius 2 is 1.73 bits per heavy atom. The molecule has 1 N–H and O–H groups in total. The first kappa shape index (κ1) is 19.6. The van der Waals surface area contributed by atoms with Gasteiger partial charge in [0.1, 0.15) is 16.9 Å². The number of alkyl halides is 3. The smallest absolute Gasteiger partial charge is 0.416 e. The summed E-state index contributed by atoms with van der Waals surface area (Å²) in [5.41, 5.74) is 1.47.